The topological polar surface area (TPSA) is 132 Å². The molecular formula is C42H44N4O5S2. The summed E-state index contributed by atoms with van der Waals surface area (Å²) in [5, 5.41) is 26.5. The number of carbonyl (C=O) groups is 3. The maximum absolute atomic E-state index is 14.7. The van der Waals surface area contributed by atoms with Crippen LogP contribution in [-0.4, -0.2) is 67.5 Å². The molecule has 1 aliphatic rings. The molecule has 4 N–H and O–H groups in total. The van der Waals surface area contributed by atoms with Crippen LogP contribution in [0.15, 0.2) is 121 Å². The van der Waals surface area contributed by atoms with Gasteiger partial charge in [-0.3, -0.25) is 9.59 Å². The lowest BCUT2D eigenvalue weighted by atomic mass is 9.84. The molecule has 1 fully saturated rings. The Kier molecular flexibility index (Phi) is 11.4. The Hall–Kier alpha value is -4.97. The normalized spacial score (nSPS) is 17.2. The average Bonchev–Trinajstić information content (AvgIpc) is 3.78. The largest absolute Gasteiger partial charge is 0.465 e. The van der Waals surface area contributed by atoms with E-state index in [4.69, 9.17) is 0 Å². The number of nitrogens with one attached hydrogen (secondary N) is 2. The number of nitrogens with zero attached hydrogens (tertiary/aromatic N) is 2. The molecule has 1 saturated heterocycles. The van der Waals surface area contributed by atoms with Gasteiger partial charge in [-0.05, 0) is 55.5 Å². The SMILES string of the molecule is Cc1ncsc1-c1ccc([C@H](C)NC(=O)[C@@H]2C[C@@H](O)CN2C(=O)C(NC(=O)O)C(C)(C)SC(c2ccccc2)(c2ccccc2)c2ccccc2)cc1. The smallest absolute Gasteiger partial charge is 0.405 e. The van der Waals surface area contributed by atoms with Crippen LogP contribution in [0.2, 0.25) is 0 Å². The molecule has 1 unspecified atom stereocenters. The predicted molar refractivity (Wildman–Crippen MR) is 211 cm³/mol. The van der Waals surface area contributed by atoms with Crippen LogP contribution in [0.3, 0.4) is 0 Å². The zero-order valence-electron chi connectivity index (χ0n) is 30.1. The number of carbonyl (C=O) groups excluding carboxylic acids is 2. The number of thioether (sulfide) groups is 1. The predicted octanol–water partition coefficient (Wildman–Crippen LogP) is 7.40. The van der Waals surface area contributed by atoms with E-state index in [2.05, 4.69) is 15.6 Å². The zero-order chi connectivity index (χ0) is 37.8. The molecule has 2 heterocycles. The lowest BCUT2D eigenvalue weighted by Gasteiger charge is -2.44. The van der Waals surface area contributed by atoms with Crippen LogP contribution in [0.4, 0.5) is 4.79 Å². The molecule has 3 amide bonds. The lowest BCUT2D eigenvalue weighted by Crippen LogP contribution is -2.60. The highest BCUT2D eigenvalue weighted by molar-refractivity contribution is 8.02. The molecule has 11 heteroatoms. The molecule has 0 radical (unpaired) electrons. The molecule has 0 saturated carbocycles. The second-order valence-electron chi connectivity index (χ2n) is 13.9. The molecular weight excluding hydrogens is 705 g/mol. The van der Waals surface area contributed by atoms with Gasteiger partial charge in [-0.2, -0.15) is 0 Å². The van der Waals surface area contributed by atoms with Crippen LogP contribution in [0.1, 0.15) is 61.2 Å². The van der Waals surface area contributed by atoms with Crippen LogP contribution in [0.25, 0.3) is 10.4 Å². The molecule has 0 bridgehead atoms. The summed E-state index contributed by atoms with van der Waals surface area (Å²) in [5.41, 5.74) is 7.54. The van der Waals surface area contributed by atoms with Crippen LogP contribution in [-0.2, 0) is 14.3 Å². The number of aliphatic hydroxyl groups excluding tert-OH is 1. The molecule has 0 aliphatic carbocycles. The Bertz CT molecular complexity index is 1930. The van der Waals surface area contributed by atoms with Crippen LogP contribution < -0.4 is 10.6 Å². The van der Waals surface area contributed by atoms with Gasteiger partial charge in [0.15, 0.2) is 0 Å². The van der Waals surface area contributed by atoms with E-state index in [1.165, 1.54) is 16.7 Å². The number of thiazole rings is 1. The number of rotatable bonds is 12. The van der Waals surface area contributed by atoms with Crippen molar-refractivity contribution >= 4 is 41.0 Å². The highest BCUT2D eigenvalue weighted by atomic mass is 32.2. The molecule has 274 valence electrons. The number of amides is 3. The van der Waals surface area contributed by atoms with E-state index in [9.17, 15) is 24.6 Å². The van der Waals surface area contributed by atoms with Gasteiger partial charge >= 0.3 is 6.09 Å². The van der Waals surface area contributed by atoms with Gasteiger partial charge in [0.1, 0.15) is 12.1 Å². The minimum atomic E-state index is -1.37. The average molecular weight is 749 g/mol. The fourth-order valence-electron chi connectivity index (χ4n) is 7.17. The fourth-order valence-corrected chi connectivity index (χ4v) is 9.81. The van der Waals surface area contributed by atoms with Gasteiger partial charge in [0.2, 0.25) is 11.8 Å². The number of benzene rings is 4. The number of aryl methyl sites for hydroxylation is 1. The van der Waals surface area contributed by atoms with E-state index in [1.54, 1.807) is 11.3 Å². The van der Waals surface area contributed by atoms with E-state index in [0.717, 1.165) is 38.4 Å². The summed E-state index contributed by atoms with van der Waals surface area (Å²) in [6.07, 6.45) is -2.29. The van der Waals surface area contributed by atoms with Crippen LogP contribution in [0, 0.1) is 6.92 Å². The quantitative estimate of drug-likeness (QED) is 0.0979. The van der Waals surface area contributed by atoms with Crippen LogP contribution in [0.5, 0.6) is 0 Å². The van der Waals surface area contributed by atoms with Gasteiger partial charge in [0.05, 0.1) is 33.0 Å². The molecule has 6 rings (SSSR count). The van der Waals surface area contributed by atoms with Gasteiger partial charge in [0.25, 0.3) is 0 Å². The molecule has 1 aliphatic heterocycles. The van der Waals surface area contributed by atoms with Crippen molar-refractivity contribution in [3.8, 4) is 10.4 Å². The summed E-state index contributed by atoms with van der Waals surface area (Å²) in [6.45, 7) is 7.43. The number of β-amino-alcohol motifs (C(OH)–C–C–N with tert-alkyl or cyclic N) is 1. The molecule has 0 spiro atoms. The first-order valence-electron chi connectivity index (χ1n) is 17.6. The van der Waals surface area contributed by atoms with Crippen LogP contribution >= 0.6 is 23.1 Å². The Labute approximate surface area is 318 Å². The van der Waals surface area contributed by atoms with Crippen molar-refractivity contribution in [1.29, 1.82) is 0 Å². The van der Waals surface area contributed by atoms with E-state index >= 15 is 0 Å². The second-order valence-corrected chi connectivity index (χ2v) is 16.6. The maximum Gasteiger partial charge on any atom is 0.405 e. The molecule has 1 aromatic heterocycles. The van der Waals surface area contributed by atoms with Gasteiger partial charge < -0.3 is 25.7 Å². The summed E-state index contributed by atoms with van der Waals surface area (Å²) < 4.78 is -1.96. The molecule has 4 aromatic carbocycles. The first-order valence-corrected chi connectivity index (χ1v) is 19.3. The number of carboxylic acid groups (broad SMARTS) is 1. The molecule has 9 nitrogen and oxygen atoms in total. The van der Waals surface area contributed by atoms with Crippen molar-refractivity contribution < 1.29 is 24.6 Å². The number of hydrogen-bond acceptors (Lipinski definition) is 7. The van der Waals surface area contributed by atoms with Crippen molar-refractivity contribution in [2.24, 2.45) is 0 Å². The Balaban J connectivity index is 1.30. The third-order valence-electron chi connectivity index (χ3n) is 9.81. The van der Waals surface area contributed by atoms with E-state index in [0.29, 0.717) is 0 Å². The van der Waals surface area contributed by atoms with Gasteiger partial charge in [-0.15, -0.1) is 23.1 Å². The lowest BCUT2D eigenvalue weighted by molar-refractivity contribution is -0.140. The zero-order valence-corrected chi connectivity index (χ0v) is 31.7. The van der Waals surface area contributed by atoms with Crippen molar-refractivity contribution in [2.45, 2.75) is 67.8 Å². The number of aliphatic hydroxyl groups is 1. The minimum Gasteiger partial charge on any atom is -0.465 e. The first-order chi connectivity index (χ1) is 25.4. The molecule has 5 aromatic rings. The van der Waals surface area contributed by atoms with Gasteiger partial charge in [-0.1, -0.05) is 115 Å². The summed E-state index contributed by atoms with van der Waals surface area (Å²) in [5.74, 6) is -1.00. The van der Waals surface area contributed by atoms with Crippen molar-refractivity contribution in [3.63, 3.8) is 0 Å². The third-order valence-corrected chi connectivity index (χ3v) is 12.6. The fraction of sp³-hybridized carbons (Fsp3) is 0.286. The van der Waals surface area contributed by atoms with E-state index in [-0.39, 0.29) is 13.0 Å². The summed E-state index contributed by atoms with van der Waals surface area (Å²) in [7, 11) is 0. The summed E-state index contributed by atoms with van der Waals surface area (Å²) >= 11 is 3.04. The second kappa shape index (κ2) is 16.0. The van der Waals surface area contributed by atoms with Gasteiger partial charge in [-0.25, -0.2) is 9.78 Å². The van der Waals surface area contributed by atoms with Gasteiger partial charge in [0, 0.05) is 17.7 Å². The number of hydrogen-bond donors (Lipinski definition) is 4. The summed E-state index contributed by atoms with van der Waals surface area (Å²) in [6, 6.07) is 35.1. The minimum absolute atomic E-state index is 0.0310. The van der Waals surface area contributed by atoms with Crippen molar-refractivity contribution in [3.05, 3.63) is 149 Å². The first kappa shape index (κ1) is 37.8. The highest BCUT2D eigenvalue weighted by Gasteiger charge is 2.50. The standard InChI is InChI=1S/C42H44N4O5S2/c1-27(29-20-22-30(23-21-29)36-28(2)43-26-52-36)44-38(48)35-24-34(47)25-46(35)39(49)37(45-40(50)51)41(3,4)53-42(31-14-8-5-9-15-31,32-16-10-6-11-17-32)33-18-12-7-13-19-33/h5-23,26-27,34-35,37,45,47H,24-25H2,1-4H3,(H,44,48)(H,50,51)/t27-,34+,35-,37?/m0/s1. The molecule has 4 atom stereocenters. The monoisotopic (exact) mass is 748 g/mol. The van der Waals surface area contributed by atoms with E-state index in [1.807, 2.05) is 148 Å². The molecule has 53 heavy (non-hydrogen) atoms. The Morgan fingerprint density at radius 1 is 0.849 bits per heavy atom. The summed E-state index contributed by atoms with van der Waals surface area (Å²) in [4.78, 5) is 47.8. The Morgan fingerprint density at radius 3 is 1.85 bits per heavy atom. The maximum atomic E-state index is 14.7. The Morgan fingerprint density at radius 2 is 1.38 bits per heavy atom. The number of aromatic nitrogens is 1. The number of likely N-dealkylation sites (tertiary alicyclic amines) is 1. The van der Waals surface area contributed by atoms with Crippen molar-refractivity contribution in [2.75, 3.05) is 6.54 Å². The van der Waals surface area contributed by atoms with Crippen molar-refractivity contribution in [1.82, 2.24) is 20.5 Å². The third kappa shape index (κ3) is 8.02. The highest BCUT2D eigenvalue weighted by Crippen LogP contribution is 2.54. The van der Waals surface area contributed by atoms with E-state index < -0.39 is 51.6 Å².